The molecule has 2 N–H and O–H groups in total. The van der Waals surface area contributed by atoms with Crippen molar-refractivity contribution in [2.75, 3.05) is 45.2 Å². The summed E-state index contributed by atoms with van der Waals surface area (Å²) in [6.45, 7) is 3.65. The van der Waals surface area contributed by atoms with E-state index in [4.69, 9.17) is 16.3 Å². The second kappa shape index (κ2) is 11.3. The van der Waals surface area contributed by atoms with Gasteiger partial charge in [-0.2, -0.15) is 0 Å². The lowest BCUT2D eigenvalue weighted by atomic mass is 10.0. The molecule has 3 aromatic rings. The van der Waals surface area contributed by atoms with Crippen LogP contribution in [0.1, 0.15) is 46.0 Å². The summed E-state index contributed by atoms with van der Waals surface area (Å²) in [5.41, 5.74) is 2.30. The van der Waals surface area contributed by atoms with Gasteiger partial charge in [0.15, 0.2) is 5.01 Å². The molecule has 0 saturated carbocycles. The molecule has 5 rings (SSSR count). The first-order valence-electron chi connectivity index (χ1n) is 11.9. The standard InChI is InChI=1S/C25H26ClN5O4S2/c1-30-8-7-17-19(14-30)37-24(28-17)23(33)29-21-15(13-27-22(32)18-5-6-20(26)36-18)3-2-4-16(21)25(34)31-9-11-35-12-10-31/h2-6H,7-14H2,1H3,(H,27,32)(H,29,33). The molecule has 2 aliphatic heterocycles. The summed E-state index contributed by atoms with van der Waals surface area (Å²) in [5, 5.41) is 6.18. The van der Waals surface area contributed by atoms with Crippen LogP contribution in [-0.2, 0) is 24.2 Å². The van der Waals surface area contributed by atoms with E-state index in [0.717, 1.165) is 30.1 Å². The van der Waals surface area contributed by atoms with Gasteiger partial charge in [-0.05, 0) is 30.8 Å². The lowest BCUT2D eigenvalue weighted by Crippen LogP contribution is -2.41. The van der Waals surface area contributed by atoms with Crippen LogP contribution in [0.15, 0.2) is 30.3 Å². The number of para-hydroxylation sites is 1. The van der Waals surface area contributed by atoms with E-state index in [1.54, 1.807) is 35.2 Å². The molecule has 0 bridgehead atoms. The van der Waals surface area contributed by atoms with E-state index < -0.39 is 0 Å². The minimum atomic E-state index is -0.373. The monoisotopic (exact) mass is 559 g/mol. The van der Waals surface area contributed by atoms with Crippen LogP contribution < -0.4 is 10.6 Å². The number of hydrogen-bond donors (Lipinski definition) is 2. The van der Waals surface area contributed by atoms with Crippen LogP contribution in [0.5, 0.6) is 0 Å². The number of amides is 3. The van der Waals surface area contributed by atoms with Crippen LogP contribution in [0.3, 0.4) is 0 Å². The van der Waals surface area contributed by atoms with Gasteiger partial charge in [0.1, 0.15) is 0 Å². The summed E-state index contributed by atoms with van der Waals surface area (Å²) < 4.78 is 5.91. The SMILES string of the molecule is CN1CCc2nc(C(=O)Nc3c(CNC(=O)c4ccc(Cl)s4)cccc3C(=O)N3CCOCC3)sc2C1. The third-order valence-electron chi connectivity index (χ3n) is 6.27. The maximum absolute atomic E-state index is 13.4. The maximum atomic E-state index is 13.4. The smallest absolute Gasteiger partial charge is 0.284 e. The van der Waals surface area contributed by atoms with Crippen molar-refractivity contribution in [3.8, 4) is 0 Å². The van der Waals surface area contributed by atoms with Gasteiger partial charge in [0, 0.05) is 44.0 Å². The number of hydrogen-bond acceptors (Lipinski definition) is 8. The normalized spacial score (nSPS) is 15.8. The molecule has 4 heterocycles. The first-order chi connectivity index (χ1) is 17.9. The predicted octanol–water partition coefficient (Wildman–Crippen LogP) is 3.50. The van der Waals surface area contributed by atoms with Crippen LogP contribution in [-0.4, -0.2) is 72.4 Å². The third-order valence-corrected chi connectivity index (χ3v) is 8.58. The summed E-state index contributed by atoms with van der Waals surface area (Å²) in [6, 6.07) is 8.56. The van der Waals surface area contributed by atoms with Crippen LogP contribution in [0.25, 0.3) is 0 Å². The number of carbonyl (C=O) groups excluding carboxylic acids is 3. The lowest BCUT2D eigenvalue weighted by molar-refractivity contribution is 0.0303. The molecule has 0 unspecified atom stereocenters. The second-order valence-corrected chi connectivity index (χ2v) is 11.7. The molecule has 37 heavy (non-hydrogen) atoms. The lowest BCUT2D eigenvalue weighted by Gasteiger charge is -2.28. The first kappa shape index (κ1) is 25.8. The Morgan fingerprint density at radius 1 is 1.08 bits per heavy atom. The number of thiazole rings is 1. The zero-order valence-electron chi connectivity index (χ0n) is 20.2. The van der Waals surface area contributed by atoms with E-state index in [1.807, 2.05) is 7.05 Å². The molecule has 194 valence electrons. The summed E-state index contributed by atoms with van der Waals surface area (Å²) in [5.74, 6) is -0.852. The number of anilines is 1. The molecule has 1 saturated heterocycles. The van der Waals surface area contributed by atoms with Crippen molar-refractivity contribution in [2.24, 2.45) is 0 Å². The molecule has 1 fully saturated rings. The Labute approximate surface area is 227 Å². The molecule has 2 aromatic heterocycles. The molecular weight excluding hydrogens is 534 g/mol. The van der Waals surface area contributed by atoms with E-state index in [2.05, 4.69) is 20.5 Å². The highest BCUT2D eigenvalue weighted by Crippen LogP contribution is 2.28. The molecule has 2 aliphatic rings. The zero-order valence-corrected chi connectivity index (χ0v) is 22.6. The maximum Gasteiger partial charge on any atom is 0.284 e. The third kappa shape index (κ3) is 5.86. The Hall–Kier alpha value is -2.83. The highest BCUT2D eigenvalue weighted by molar-refractivity contribution is 7.18. The van der Waals surface area contributed by atoms with E-state index in [-0.39, 0.29) is 24.3 Å². The summed E-state index contributed by atoms with van der Waals surface area (Å²) >= 11 is 8.53. The topological polar surface area (TPSA) is 104 Å². The fourth-order valence-corrected chi connectivity index (χ4v) is 6.34. The Morgan fingerprint density at radius 3 is 2.65 bits per heavy atom. The molecule has 1 aromatic carbocycles. The largest absolute Gasteiger partial charge is 0.378 e. The average Bonchev–Trinajstić information content (AvgIpc) is 3.54. The summed E-state index contributed by atoms with van der Waals surface area (Å²) in [7, 11) is 2.04. The van der Waals surface area contributed by atoms with Gasteiger partial charge >= 0.3 is 0 Å². The fraction of sp³-hybridized carbons (Fsp3) is 0.360. The number of carbonyl (C=O) groups is 3. The molecule has 0 atom stereocenters. The first-order valence-corrected chi connectivity index (χ1v) is 13.9. The number of nitrogens with one attached hydrogen (secondary N) is 2. The Bertz CT molecular complexity index is 1330. The van der Waals surface area contributed by atoms with E-state index in [9.17, 15) is 14.4 Å². The van der Waals surface area contributed by atoms with Crippen molar-refractivity contribution in [2.45, 2.75) is 19.5 Å². The number of likely N-dealkylation sites (N-methyl/N-ethyl adjacent to an activating group) is 1. The highest BCUT2D eigenvalue weighted by atomic mass is 35.5. The van der Waals surface area contributed by atoms with Crippen LogP contribution >= 0.6 is 34.3 Å². The quantitative estimate of drug-likeness (QED) is 0.479. The molecule has 0 aliphatic carbocycles. The number of thiophene rings is 1. The zero-order chi connectivity index (χ0) is 25.9. The number of ether oxygens (including phenoxy) is 1. The van der Waals surface area contributed by atoms with Gasteiger partial charge in [-0.1, -0.05) is 23.7 Å². The second-order valence-electron chi connectivity index (χ2n) is 8.86. The number of morpholine rings is 1. The fourth-order valence-electron chi connectivity index (χ4n) is 4.30. The number of nitrogens with zero attached hydrogens (tertiary/aromatic N) is 3. The van der Waals surface area contributed by atoms with Gasteiger partial charge in [-0.25, -0.2) is 4.98 Å². The van der Waals surface area contributed by atoms with Crippen molar-refractivity contribution < 1.29 is 19.1 Å². The minimum absolute atomic E-state index is 0.118. The predicted molar refractivity (Wildman–Crippen MR) is 144 cm³/mol. The Balaban J connectivity index is 1.42. The molecule has 9 nitrogen and oxygen atoms in total. The van der Waals surface area contributed by atoms with Gasteiger partial charge in [0.2, 0.25) is 0 Å². The summed E-state index contributed by atoms with van der Waals surface area (Å²) in [6.07, 6.45) is 0.797. The van der Waals surface area contributed by atoms with Gasteiger partial charge < -0.3 is 25.2 Å². The van der Waals surface area contributed by atoms with E-state index >= 15 is 0 Å². The number of rotatable bonds is 6. The molecule has 0 spiro atoms. The Morgan fingerprint density at radius 2 is 1.89 bits per heavy atom. The van der Waals surface area contributed by atoms with Crippen LogP contribution in [0.4, 0.5) is 5.69 Å². The van der Waals surface area contributed by atoms with Crippen molar-refractivity contribution in [1.82, 2.24) is 20.1 Å². The Kier molecular flexibility index (Phi) is 7.87. The number of aromatic nitrogens is 1. The van der Waals surface area contributed by atoms with Crippen molar-refractivity contribution in [1.29, 1.82) is 0 Å². The number of halogens is 1. The van der Waals surface area contributed by atoms with E-state index in [0.29, 0.717) is 57.3 Å². The van der Waals surface area contributed by atoms with Gasteiger partial charge in [0.25, 0.3) is 17.7 Å². The van der Waals surface area contributed by atoms with Crippen LogP contribution in [0, 0.1) is 0 Å². The summed E-state index contributed by atoms with van der Waals surface area (Å²) in [4.78, 5) is 49.5. The van der Waals surface area contributed by atoms with E-state index in [1.165, 1.54) is 22.7 Å². The average molecular weight is 560 g/mol. The van der Waals surface area contributed by atoms with Gasteiger partial charge in [-0.3, -0.25) is 14.4 Å². The van der Waals surface area contributed by atoms with Crippen molar-refractivity contribution in [3.63, 3.8) is 0 Å². The number of fused-ring (bicyclic) bond motifs is 1. The molecular formula is C25H26ClN5O4S2. The molecule has 3 amide bonds. The highest BCUT2D eigenvalue weighted by Gasteiger charge is 2.26. The molecule has 0 radical (unpaired) electrons. The van der Waals surface area contributed by atoms with Crippen molar-refractivity contribution in [3.05, 3.63) is 66.3 Å². The van der Waals surface area contributed by atoms with Gasteiger partial charge in [0.05, 0.1) is 39.4 Å². The van der Waals surface area contributed by atoms with Gasteiger partial charge in [-0.15, -0.1) is 22.7 Å². The van der Waals surface area contributed by atoms with Crippen LogP contribution in [0.2, 0.25) is 4.34 Å². The molecule has 12 heteroatoms. The minimum Gasteiger partial charge on any atom is -0.378 e. The van der Waals surface area contributed by atoms with Crippen molar-refractivity contribution >= 4 is 57.7 Å². The number of benzene rings is 1.